The summed E-state index contributed by atoms with van der Waals surface area (Å²) < 4.78 is 13.5. The lowest BCUT2D eigenvalue weighted by molar-refractivity contribution is -0.127. The Balaban J connectivity index is 1.25. The number of benzene rings is 2. The summed E-state index contributed by atoms with van der Waals surface area (Å²) in [6.45, 7) is 14.6. The summed E-state index contributed by atoms with van der Waals surface area (Å²) >= 11 is 0. The molecule has 3 aromatic rings. The number of hydrogen-bond donors (Lipinski definition) is 1. The normalized spacial score (nSPS) is 22.6. The first kappa shape index (κ1) is 20.1. The highest BCUT2D eigenvalue weighted by molar-refractivity contribution is 6.10. The molecule has 0 bridgehead atoms. The number of hydrogen-bond acceptors (Lipinski definition) is 5. The number of aromatic nitrogens is 1. The summed E-state index contributed by atoms with van der Waals surface area (Å²) in [7, 11) is 0. The topological polar surface area (TPSA) is 41.9 Å². The van der Waals surface area contributed by atoms with Crippen molar-refractivity contribution in [1.29, 1.82) is 0 Å². The van der Waals surface area contributed by atoms with E-state index in [0.717, 1.165) is 65.7 Å². The molecule has 33 heavy (non-hydrogen) atoms. The first-order valence-corrected chi connectivity index (χ1v) is 12.5. The van der Waals surface area contributed by atoms with Gasteiger partial charge in [-0.05, 0) is 36.4 Å². The molecule has 2 spiro atoms. The van der Waals surface area contributed by atoms with Crippen molar-refractivity contribution in [1.82, 2.24) is 9.88 Å². The molecule has 1 aromatic heterocycles. The van der Waals surface area contributed by atoms with Crippen LogP contribution in [-0.2, 0) is 16.0 Å². The Kier molecular flexibility index (Phi) is 4.34. The maximum atomic E-state index is 5.48. The van der Waals surface area contributed by atoms with Crippen LogP contribution in [0.4, 0.5) is 11.4 Å². The predicted octanol–water partition coefficient (Wildman–Crippen LogP) is 3.47. The van der Waals surface area contributed by atoms with E-state index in [0.29, 0.717) is 16.9 Å². The minimum Gasteiger partial charge on any atom is -0.380 e. The Morgan fingerprint density at radius 1 is 0.788 bits per heavy atom. The first-order chi connectivity index (χ1) is 16.0. The van der Waals surface area contributed by atoms with E-state index in [1.165, 1.54) is 33.2 Å². The van der Waals surface area contributed by atoms with Gasteiger partial charge in [-0.1, -0.05) is 13.8 Å². The third-order valence-corrected chi connectivity index (χ3v) is 8.19. The minimum absolute atomic E-state index is 0.428. The summed E-state index contributed by atoms with van der Waals surface area (Å²) in [6, 6.07) is 14.7. The molecule has 0 saturated carbocycles. The number of fused-ring (bicyclic) bond motifs is 3. The third kappa shape index (κ3) is 3.11. The number of ether oxygens (including phenoxy) is 2. The van der Waals surface area contributed by atoms with E-state index in [-0.39, 0.29) is 0 Å². The van der Waals surface area contributed by atoms with Gasteiger partial charge >= 0.3 is 0 Å². The standard InChI is InChI=1S/C27H34N4O2/c1-19(2)28-7-8-31-24-5-3-20(29-11-26(12-29)15-32-16-26)9-22(24)23-10-21(4-6-25(23)31)30-13-27(14-30)17-33-18-27/h3-6,9-10,19,28H,7-8,11-18H2,1-2H3. The van der Waals surface area contributed by atoms with Gasteiger partial charge in [-0.2, -0.15) is 0 Å². The summed E-state index contributed by atoms with van der Waals surface area (Å²) in [5.41, 5.74) is 6.23. The van der Waals surface area contributed by atoms with E-state index >= 15 is 0 Å². The fourth-order valence-corrected chi connectivity index (χ4v) is 6.22. The van der Waals surface area contributed by atoms with E-state index in [1.807, 2.05) is 0 Å². The molecule has 0 radical (unpaired) electrons. The molecule has 6 heteroatoms. The van der Waals surface area contributed by atoms with Crippen molar-refractivity contribution in [2.24, 2.45) is 10.8 Å². The van der Waals surface area contributed by atoms with Gasteiger partial charge in [0.2, 0.25) is 0 Å². The summed E-state index contributed by atoms with van der Waals surface area (Å²) in [5, 5.41) is 6.35. The monoisotopic (exact) mass is 446 g/mol. The highest BCUT2D eigenvalue weighted by Gasteiger charge is 2.50. The summed E-state index contributed by atoms with van der Waals surface area (Å²) in [6.07, 6.45) is 0. The van der Waals surface area contributed by atoms with Crippen LogP contribution in [0.25, 0.3) is 21.8 Å². The second-order valence-corrected chi connectivity index (χ2v) is 11.4. The van der Waals surface area contributed by atoms with Crippen molar-refractivity contribution in [3.8, 4) is 0 Å². The van der Waals surface area contributed by atoms with Crippen molar-refractivity contribution in [2.45, 2.75) is 26.4 Å². The lowest BCUT2D eigenvalue weighted by Gasteiger charge is -2.56. The number of anilines is 2. The Labute approximate surface area is 195 Å². The van der Waals surface area contributed by atoms with Crippen molar-refractivity contribution >= 4 is 33.2 Å². The fourth-order valence-electron chi connectivity index (χ4n) is 6.22. The number of nitrogens with zero attached hydrogens (tertiary/aromatic N) is 3. The van der Waals surface area contributed by atoms with E-state index in [9.17, 15) is 0 Å². The summed E-state index contributed by atoms with van der Waals surface area (Å²) in [4.78, 5) is 5.04. The first-order valence-electron chi connectivity index (χ1n) is 12.5. The smallest absolute Gasteiger partial charge is 0.0579 e. The minimum atomic E-state index is 0.428. The molecule has 4 aliphatic rings. The van der Waals surface area contributed by atoms with Gasteiger partial charge in [0.15, 0.2) is 0 Å². The number of nitrogens with one attached hydrogen (secondary N) is 1. The van der Waals surface area contributed by atoms with E-state index < -0.39 is 0 Å². The van der Waals surface area contributed by atoms with Crippen LogP contribution < -0.4 is 15.1 Å². The molecule has 174 valence electrons. The van der Waals surface area contributed by atoms with Crippen molar-refractivity contribution in [3.05, 3.63) is 36.4 Å². The molecule has 0 atom stereocenters. The van der Waals surface area contributed by atoms with Crippen LogP contribution in [0.1, 0.15) is 13.8 Å². The maximum absolute atomic E-state index is 5.48. The van der Waals surface area contributed by atoms with Crippen molar-refractivity contribution in [2.75, 3.05) is 69.0 Å². The van der Waals surface area contributed by atoms with Gasteiger partial charge in [-0.15, -0.1) is 0 Å². The molecule has 6 nitrogen and oxygen atoms in total. The molecule has 4 aliphatic heterocycles. The average Bonchev–Trinajstić information content (AvgIpc) is 2.96. The van der Waals surface area contributed by atoms with E-state index in [4.69, 9.17) is 9.47 Å². The molecule has 4 fully saturated rings. The van der Waals surface area contributed by atoms with Gasteiger partial charge in [0.25, 0.3) is 0 Å². The van der Waals surface area contributed by atoms with E-state index in [1.54, 1.807) is 0 Å². The van der Waals surface area contributed by atoms with Crippen LogP contribution >= 0.6 is 0 Å². The van der Waals surface area contributed by atoms with Crippen LogP contribution in [0.5, 0.6) is 0 Å². The van der Waals surface area contributed by atoms with Crippen LogP contribution in [-0.4, -0.2) is 69.8 Å². The zero-order valence-electron chi connectivity index (χ0n) is 19.8. The van der Waals surface area contributed by atoms with Crippen molar-refractivity contribution in [3.63, 3.8) is 0 Å². The Morgan fingerprint density at radius 3 is 1.67 bits per heavy atom. The second-order valence-electron chi connectivity index (χ2n) is 11.4. The van der Waals surface area contributed by atoms with Crippen LogP contribution in [0, 0.1) is 10.8 Å². The lowest BCUT2D eigenvalue weighted by atomic mass is 9.77. The predicted molar refractivity (Wildman–Crippen MR) is 134 cm³/mol. The summed E-state index contributed by atoms with van der Waals surface area (Å²) in [5.74, 6) is 0. The highest BCUT2D eigenvalue weighted by atomic mass is 16.5. The zero-order valence-corrected chi connectivity index (χ0v) is 19.8. The van der Waals surface area contributed by atoms with Crippen LogP contribution in [0.3, 0.4) is 0 Å². The third-order valence-electron chi connectivity index (χ3n) is 8.19. The van der Waals surface area contributed by atoms with Gasteiger partial charge < -0.3 is 29.2 Å². The van der Waals surface area contributed by atoms with Crippen LogP contribution in [0.2, 0.25) is 0 Å². The maximum Gasteiger partial charge on any atom is 0.0579 e. The Bertz CT molecular complexity index is 1120. The van der Waals surface area contributed by atoms with Gasteiger partial charge in [0, 0.05) is 78.5 Å². The van der Waals surface area contributed by atoms with Crippen LogP contribution in [0.15, 0.2) is 36.4 Å². The molecule has 0 aliphatic carbocycles. The SMILES string of the molecule is CC(C)NCCn1c2ccc(N3CC4(COC4)C3)cc2c2cc(N3CC4(COC4)C3)ccc21. The fraction of sp³-hybridized carbons (Fsp3) is 0.556. The van der Waals surface area contributed by atoms with Gasteiger partial charge in [-0.25, -0.2) is 0 Å². The van der Waals surface area contributed by atoms with Gasteiger partial charge in [-0.3, -0.25) is 0 Å². The quantitative estimate of drug-likeness (QED) is 0.628. The average molecular weight is 447 g/mol. The van der Waals surface area contributed by atoms with E-state index in [2.05, 4.69) is 69.9 Å². The van der Waals surface area contributed by atoms with Gasteiger partial charge in [0.1, 0.15) is 0 Å². The number of rotatable bonds is 6. The Morgan fingerprint density at radius 2 is 1.27 bits per heavy atom. The molecule has 5 heterocycles. The zero-order chi connectivity index (χ0) is 22.2. The second kappa shape index (κ2) is 7.11. The highest BCUT2D eigenvalue weighted by Crippen LogP contribution is 2.44. The molecular formula is C27H34N4O2. The molecule has 4 saturated heterocycles. The lowest BCUT2D eigenvalue weighted by Crippen LogP contribution is -2.66. The largest absolute Gasteiger partial charge is 0.380 e. The molecule has 2 aromatic carbocycles. The molecular weight excluding hydrogens is 412 g/mol. The molecule has 0 unspecified atom stereocenters. The Hall–Kier alpha value is -2.28. The molecule has 1 N–H and O–H groups in total. The molecule has 0 amide bonds. The van der Waals surface area contributed by atoms with Gasteiger partial charge in [0.05, 0.1) is 37.3 Å². The van der Waals surface area contributed by atoms with Crippen molar-refractivity contribution < 1.29 is 9.47 Å². The molecule has 7 rings (SSSR count).